The van der Waals surface area contributed by atoms with Crippen molar-refractivity contribution >= 4 is 27.5 Å². The second-order valence-electron chi connectivity index (χ2n) is 4.42. The predicted molar refractivity (Wildman–Crippen MR) is 78.0 cm³/mol. The molecule has 0 saturated heterocycles. The van der Waals surface area contributed by atoms with Gasteiger partial charge in [0.15, 0.2) is 0 Å². The summed E-state index contributed by atoms with van der Waals surface area (Å²) in [6, 6.07) is 3.85. The number of nitrogens with one attached hydrogen (secondary N) is 1. The van der Waals surface area contributed by atoms with Crippen molar-refractivity contribution in [3.05, 3.63) is 22.7 Å². The van der Waals surface area contributed by atoms with Crippen molar-refractivity contribution in [2.75, 3.05) is 5.43 Å². The normalized spacial score (nSPS) is 11.0. The van der Waals surface area contributed by atoms with Crippen LogP contribution in [0.25, 0.3) is 10.2 Å². The summed E-state index contributed by atoms with van der Waals surface area (Å²) in [5.74, 6) is 6.82. The molecule has 0 aliphatic heterocycles. The monoisotopic (exact) mass is 290 g/mol. The zero-order valence-corrected chi connectivity index (χ0v) is 12.2. The van der Waals surface area contributed by atoms with Crippen LogP contribution in [-0.2, 0) is 7.05 Å². The summed E-state index contributed by atoms with van der Waals surface area (Å²) in [6.45, 7) is 3.92. The van der Waals surface area contributed by atoms with E-state index in [1.807, 2.05) is 33.0 Å². The number of nitrogen functional groups attached to an aromatic ring is 1. The minimum Gasteiger partial charge on any atom is -0.420 e. The van der Waals surface area contributed by atoms with Gasteiger partial charge in [0.2, 0.25) is 17.7 Å². The number of aromatic nitrogens is 4. The van der Waals surface area contributed by atoms with Gasteiger partial charge in [-0.15, -0.1) is 11.3 Å². The van der Waals surface area contributed by atoms with E-state index in [1.165, 1.54) is 0 Å². The molecule has 104 valence electrons. The first-order valence-electron chi connectivity index (χ1n) is 6.00. The maximum absolute atomic E-state index is 5.86. The highest BCUT2D eigenvalue weighted by Gasteiger charge is 2.14. The summed E-state index contributed by atoms with van der Waals surface area (Å²) in [7, 11) is 1.82. The molecule has 0 spiro atoms. The Balaban J connectivity index is 2.11. The Kier molecular flexibility index (Phi) is 3.03. The van der Waals surface area contributed by atoms with Gasteiger partial charge in [-0.25, -0.2) is 15.5 Å². The molecule has 0 fully saturated rings. The maximum Gasteiger partial charge on any atom is 0.241 e. The number of anilines is 1. The topological polar surface area (TPSA) is 90.9 Å². The average Bonchev–Trinajstić information content (AvgIpc) is 2.91. The fourth-order valence-electron chi connectivity index (χ4n) is 1.94. The van der Waals surface area contributed by atoms with E-state index < -0.39 is 0 Å². The van der Waals surface area contributed by atoms with Gasteiger partial charge < -0.3 is 4.74 Å². The average molecular weight is 290 g/mol. The fourth-order valence-corrected chi connectivity index (χ4v) is 2.81. The van der Waals surface area contributed by atoms with E-state index in [1.54, 1.807) is 16.0 Å². The highest BCUT2D eigenvalue weighted by Crippen LogP contribution is 2.33. The summed E-state index contributed by atoms with van der Waals surface area (Å²) in [5.41, 5.74) is 3.34. The summed E-state index contributed by atoms with van der Waals surface area (Å²) < 4.78 is 7.52. The summed E-state index contributed by atoms with van der Waals surface area (Å²) in [4.78, 5) is 10.6. The zero-order chi connectivity index (χ0) is 14.3. The quantitative estimate of drug-likeness (QED) is 0.567. The van der Waals surface area contributed by atoms with Gasteiger partial charge in [0.05, 0.1) is 11.1 Å². The number of ether oxygens (including phenoxy) is 1. The first-order valence-corrected chi connectivity index (χ1v) is 6.82. The molecule has 0 atom stereocenters. The molecular weight excluding hydrogens is 276 g/mol. The summed E-state index contributed by atoms with van der Waals surface area (Å²) in [5, 5.41) is 5.11. The van der Waals surface area contributed by atoms with Crippen molar-refractivity contribution in [2.24, 2.45) is 12.9 Å². The van der Waals surface area contributed by atoms with Crippen molar-refractivity contribution < 1.29 is 4.74 Å². The molecule has 3 rings (SSSR count). The molecule has 0 bridgehead atoms. The Hall–Kier alpha value is -2.19. The molecule has 0 radical (unpaired) electrons. The highest BCUT2D eigenvalue weighted by atomic mass is 32.1. The van der Waals surface area contributed by atoms with Crippen molar-refractivity contribution in [3.8, 4) is 11.8 Å². The van der Waals surface area contributed by atoms with Crippen LogP contribution in [0.4, 0.5) is 5.95 Å². The third-order valence-corrected chi connectivity index (χ3v) is 3.71. The van der Waals surface area contributed by atoms with Gasteiger partial charge in [-0.3, -0.25) is 5.43 Å². The Labute approximate surface area is 119 Å². The second-order valence-corrected chi connectivity index (χ2v) is 5.66. The largest absolute Gasteiger partial charge is 0.420 e. The molecule has 8 heteroatoms. The van der Waals surface area contributed by atoms with Gasteiger partial charge in [0, 0.05) is 18.0 Å². The maximum atomic E-state index is 5.86. The van der Waals surface area contributed by atoms with E-state index in [-0.39, 0.29) is 0 Å². The van der Waals surface area contributed by atoms with Crippen LogP contribution in [0.5, 0.6) is 11.8 Å². The zero-order valence-electron chi connectivity index (χ0n) is 11.3. The molecule has 3 heterocycles. The van der Waals surface area contributed by atoms with Crippen molar-refractivity contribution in [1.29, 1.82) is 0 Å². The highest BCUT2D eigenvalue weighted by molar-refractivity contribution is 7.18. The first kappa shape index (κ1) is 12.8. The number of nitrogens with zero attached hydrogens (tertiary/aromatic N) is 4. The van der Waals surface area contributed by atoms with Gasteiger partial charge in [0.25, 0.3) is 0 Å². The van der Waals surface area contributed by atoms with Crippen molar-refractivity contribution in [2.45, 2.75) is 13.8 Å². The molecular formula is C12H14N6OS. The van der Waals surface area contributed by atoms with Crippen LogP contribution in [0.2, 0.25) is 0 Å². The Bertz CT molecular complexity index is 778. The number of hydrazine groups is 1. The van der Waals surface area contributed by atoms with Gasteiger partial charge in [-0.1, -0.05) is 0 Å². The van der Waals surface area contributed by atoms with Crippen LogP contribution in [0.1, 0.15) is 10.6 Å². The van der Waals surface area contributed by atoms with E-state index in [2.05, 4.69) is 20.5 Å². The van der Waals surface area contributed by atoms with E-state index in [0.29, 0.717) is 17.7 Å². The number of rotatable bonds is 3. The molecule has 0 amide bonds. The minimum absolute atomic E-state index is 0.327. The number of hydrogen-bond acceptors (Lipinski definition) is 7. The van der Waals surface area contributed by atoms with E-state index in [0.717, 1.165) is 20.8 Å². The Morgan fingerprint density at radius 2 is 2.10 bits per heavy atom. The van der Waals surface area contributed by atoms with E-state index in [9.17, 15) is 0 Å². The van der Waals surface area contributed by atoms with Crippen LogP contribution in [0, 0.1) is 13.8 Å². The number of aryl methyl sites for hydroxylation is 3. The SMILES string of the molecule is Cc1cc(Oc2nc(NN)nc3sc(C)cc23)n(C)n1. The molecule has 0 aliphatic carbocycles. The Morgan fingerprint density at radius 1 is 1.30 bits per heavy atom. The predicted octanol–water partition coefficient (Wildman–Crippen LogP) is 2.12. The standard InChI is InChI=1S/C12H14N6OS/c1-6-4-9(18(3)17-6)19-10-8-5-7(2)20-11(8)15-12(14-10)16-13/h4-5H,13H2,1-3H3,(H,14,15,16). The van der Waals surface area contributed by atoms with Gasteiger partial charge in [0.1, 0.15) is 4.83 Å². The van der Waals surface area contributed by atoms with Gasteiger partial charge in [-0.2, -0.15) is 10.1 Å². The number of nitrogens with two attached hydrogens (primary N) is 1. The third-order valence-electron chi connectivity index (χ3n) is 2.77. The van der Waals surface area contributed by atoms with Crippen LogP contribution in [0.3, 0.4) is 0 Å². The van der Waals surface area contributed by atoms with E-state index >= 15 is 0 Å². The molecule has 0 unspecified atom stereocenters. The van der Waals surface area contributed by atoms with Crippen LogP contribution in [-0.4, -0.2) is 19.7 Å². The summed E-state index contributed by atoms with van der Waals surface area (Å²) >= 11 is 1.57. The molecule has 0 aromatic carbocycles. The number of fused-ring (bicyclic) bond motifs is 1. The molecule has 3 aromatic rings. The molecule has 3 aromatic heterocycles. The minimum atomic E-state index is 0.327. The second kappa shape index (κ2) is 4.73. The first-order chi connectivity index (χ1) is 9.56. The van der Waals surface area contributed by atoms with Crippen LogP contribution in [0.15, 0.2) is 12.1 Å². The number of hydrogen-bond donors (Lipinski definition) is 2. The van der Waals surface area contributed by atoms with Crippen molar-refractivity contribution in [3.63, 3.8) is 0 Å². The smallest absolute Gasteiger partial charge is 0.241 e. The molecule has 7 nitrogen and oxygen atoms in total. The lowest BCUT2D eigenvalue weighted by atomic mass is 10.3. The lowest BCUT2D eigenvalue weighted by Crippen LogP contribution is -2.10. The summed E-state index contributed by atoms with van der Waals surface area (Å²) in [6.07, 6.45) is 0. The van der Waals surface area contributed by atoms with Gasteiger partial charge in [-0.05, 0) is 19.9 Å². The molecule has 0 saturated carbocycles. The molecule has 3 N–H and O–H groups in total. The lowest BCUT2D eigenvalue weighted by Gasteiger charge is -2.07. The fraction of sp³-hybridized carbons (Fsp3) is 0.250. The lowest BCUT2D eigenvalue weighted by molar-refractivity contribution is 0.420. The molecule has 0 aliphatic rings. The van der Waals surface area contributed by atoms with Crippen molar-refractivity contribution in [1.82, 2.24) is 19.7 Å². The van der Waals surface area contributed by atoms with Crippen LogP contribution < -0.4 is 16.0 Å². The van der Waals surface area contributed by atoms with E-state index in [4.69, 9.17) is 10.6 Å². The van der Waals surface area contributed by atoms with Crippen LogP contribution >= 0.6 is 11.3 Å². The Morgan fingerprint density at radius 3 is 2.75 bits per heavy atom. The number of thiophene rings is 1. The van der Waals surface area contributed by atoms with Gasteiger partial charge >= 0.3 is 0 Å². The molecule has 20 heavy (non-hydrogen) atoms. The third kappa shape index (κ3) is 2.19.